The van der Waals surface area contributed by atoms with E-state index in [1.165, 1.54) is 0 Å². The molecule has 2 N–H and O–H groups in total. The summed E-state index contributed by atoms with van der Waals surface area (Å²) in [6.07, 6.45) is 1.95. The van der Waals surface area contributed by atoms with Crippen molar-refractivity contribution in [2.45, 2.75) is 26.9 Å². The van der Waals surface area contributed by atoms with Gasteiger partial charge in [0.05, 0.1) is 17.0 Å². The van der Waals surface area contributed by atoms with Crippen molar-refractivity contribution in [2.24, 2.45) is 5.73 Å². The van der Waals surface area contributed by atoms with Crippen LogP contribution < -0.4 is 5.73 Å². The summed E-state index contributed by atoms with van der Waals surface area (Å²) >= 11 is 0. The Kier molecular flexibility index (Phi) is 6.23. The Hall–Kier alpha value is -1.04. The molecule has 2 aromatic rings. The molecule has 0 aliphatic rings. The van der Waals surface area contributed by atoms with Crippen molar-refractivity contribution < 1.29 is 4.52 Å². The molecule has 0 radical (unpaired) electrons. The second-order valence-corrected chi connectivity index (χ2v) is 3.37. The molecule has 17 heavy (non-hydrogen) atoms. The number of aryl methyl sites for hydroxylation is 2. The van der Waals surface area contributed by atoms with Crippen LogP contribution in [-0.4, -0.2) is 14.9 Å². The number of nitrogens with zero attached hydrogens (tertiary/aromatic N) is 3. The largest absolute Gasteiger partial charge is 0.356 e. The van der Waals surface area contributed by atoms with Gasteiger partial charge in [-0.25, -0.2) is 0 Å². The zero-order valence-electron chi connectivity index (χ0n) is 9.71. The average Bonchev–Trinajstić information content (AvgIpc) is 2.83. The van der Waals surface area contributed by atoms with E-state index in [1.807, 2.05) is 30.8 Å². The molecule has 2 rings (SSSR count). The minimum Gasteiger partial charge on any atom is -0.356 e. The maximum Gasteiger partial charge on any atom is 0.170 e. The van der Waals surface area contributed by atoms with Gasteiger partial charge in [0.15, 0.2) is 5.76 Å². The van der Waals surface area contributed by atoms with E-state index in [-0.39, 0.29) is 24.8 Å². The number of rotatable bonds is 3. The van der Waals surface area contributed by atoms with Crippen molar-refractivity contribution in [2.75, 3.05) is 0 Å². The monoisotopic (exact) mass is 278 g/mol. The highest BCUT2D eigenvalue weighted by atomic mass is 35.5. The molecule has 2 aromatic heterocycles. The zero-order valence-corrected chi connectivity index (χ0v) is 11.3. The van der Waals surface area contributed by atoms with Gasteiger partial charge in [0, 0.05) is 25.4 Å². The molecule has 0 atom stereocenters. The van der Waals surface area contributed by atoms with Gasteiger partial charge < -0.3 is 10.3 Å². The molecule has 96 valence electrons. The quantitative estimate of drug-likeness (QED) is 0.934. The second-order valence-electron chi connectivity index (χ2n) is 3.37. The highest BCUT2D eigenvalue weighted by Crippen LogP contribution is 2.23. The van der Waals surface area contributed by atoms with Gasteiger partial charge in [0.2, 0.25) is 0 Å². The lowest BCUT2D eigenvalue weighted by atomic mass is 10.2. The molecule has 2 heterocycles. The number of nitrogens with two attached hydrogens (primary N) is 1. The van der Waals surface area contributed by atoms with Crippen molar-refractivity contribution in [1.29, 1.82) is 0 Å². The third-order valence-corrected chi connectivity index (χ3v) is 2.30. The van der Waals surface area contributed by atoms with E-state index in [4.69, 9.17) is 10.3 Å². The van der Waals surface area contributed by atoms with Crippen LogP contribution in [0.4, 0.5) is 0 Å². The van der Waals surface area contributed by atoms with Gasteiger partial charge in [-0.1, -0.05) is 5.16 Å². The van der Waals surface area contributed by atoms with E-state index in [1.54, 1.807) is 0 Å². The molecule has 0 bridgehead atoms. The summed E-state index contributed by atoms with van der Waals surface area (Å²) < 4.78 is 7.07. The van der Waals surface area contributed by atoms with E-state index >= 15 is 0 Å². The van der Waals surface area contributed by atoms with Gasteiger partial charge >= 0.3 is 0 Å². The van der Waals surface area contributed by atoms with E-state index < -0.39 is 0 Å². The summed E-state index contributed by atoms with van der Waals surface area (Å²) in [5.41, 5.74) is 8.14. The zero-order chi connectivity index (χ0) is 10.8. The normalized spacial score (nSPS) is 9.59. The van der Waals surface area contributed by atoms with E-state index in [0.717, 1.165) is 29.3 Å². The first-order chi connectivity index (χ1) is 7.24. The van der Waals surface area contributed by atoms with Crippen LogP contribution in [-0.2, 0) is 13.1 Å². The molecule has 7 heteroatoms. The standard InChI is InChI=1S/C10H14N4O.2ClH/c1-3-14-6-9(7(2)12-14)10-4-8(5-11)13-15-10;;/h4,6H,3,5,11H2,1-2H3;2*1H. The summed E-state index contributed by atoms with van der Waals surface area (Å²) in [4.78, 5) is 0. The number of halogens is 2. The van der Waals surface area contributed by atoms with Crippen LogP contribution in [0.2, 0.25) is 0 Å². The fourth-order valence-corrected chi connectivity index (χ4v) is 1.46. The Balaban J connectivity index is 0.00000128. The van der Waals surface area contributed by atoms with Gasteiger partial charge in [-0.05, 0) is 13.8 Å². The lowest BCUT2D eigenvalue weighted by Crippen LogP contribution is -1.94. The average molecular weight is 279 g/mol. The number of hydrogen-bond acceptors (Lipinski definition) is 4. The molecule has 0 amide bonds. The molecule has 0 saturated heterocycles. The summed E-state index contributed by atoms with van der Waals surface area (Å²) in [6, 6.07) is 1.85. The predicted molar refractivity (Wildman–Crippen MR) is 70.5 cm³/mol. The highest BCUT2D eigenvalue weighted by Gasteiger charge is 2.11. The van der Waals surface area contributed by atoms with Crippen LogP contribution in [0.5, 0.6) is 0 Å². The first-order valence-electron chi connectivity index (χ1n) is 4.94. The third-order valence-electron chi connectivity index (χ3n) is 2.30. The van der Waals surface area contributed by atoms with Crippen molar-refractivity contribution in [3.63, 3.8) is 0 Å². The fraction of sp³-hybridized carbons (Fsp3) is 0.400. The minimum atomic E-state index is 0. The summed E-state index contributed by atoms with van der Waals surface area (Å²) in [7, 11) is 0. The van der Waals surface area contributed by atoms with Crippen LogP contribution in [0.25, 0.3) is 11.3 Å². The SMILES string of the molecule is CCn1cc(-c2cc(CN)no2)c(C)n1.Cl.Cl. The summed E-state index contributed by atoms with van der Waals surface area (Å²) in [5, 5.41) is 8.19. The number of aromatic nitrogens is 3. The summed E-state index contributed by atoms with van der Waals surface area (Å²) in [6.45, 7) is 5.23. The fourth-order valence-electron chi connectivity index (χ4n) is 1.46. The van der Waals surface area contributed by atoms with Crippen LogP contribution in [0.1, 0.15) is 18.3 Å². The first-order valence-corrected chi connectivity index (χ1v) is 4.94. The molecule has 0 aliphatic carbocycles. The molecular weight excluding hydrogens is 263 g/mol. The smallest absolute Gasteiger partial charge is 0.170 e. The molecule has 0 spiro atoms. The third kappa shape index (κ3) is 3.21. The Bertz CT molecular complexity index is 467. The predicted octanol–water partition coefficient (Wildman–Crippen LogP) is 2.17. The Morgan fingerprint density at radius 2 is 2.12 bits per heavy atom. The molecule has 0 fully saturated rings. The molecule has 0 aliphatic heterocycles. The Morgan fingerprint density at radius 1 is 1.41 bits per heavy atom. The summed E-state index contributed by atoms with van der Waals surface area (Å²) in [5.74, 6) is 0.729. The lowest BCUT2D eigenvalue weighted by Gasteiger charge is -1.89. The van der Waals surface area contributed by atoms with Crippen LogP contribution in [0.15, 0.2) is 16.8 Å². The van der Waals surface area contributed by atoms with Crippen LogP contribution in [0, 0.1) is 6.92 Å². The van der Waals surface area contributed by atoms with Gasteiger partial charge in [0.1, 0.15) is 0 Å². The van der Waals surface area contributed by atoms with E-state index in [9.17, 15) is 0 Å². The Morgan fingerprint density at radius 3 is 2.59 bits per heavy atom. The number of hydrogen-bond donors (Lipinski definition) is 1. The topological polar surface area (TPSA) is 69.9 Å². The highest BCUT2D eigenvalue weighted by molar-refractivity contribution is 5.85. The molecule has 5 nitrogen and oxygen atoms in total. The maximum absolute atomic E-state index is 5.47. The minimum absolute atomic E-state index is 0. The van der Waals surface area contributed by atoms with Crippen molar-refractivity contribution >= 4 is 24.8 Å². The molecular formula is C10H16Cl2N4O. The van der Waals surface area contributed by atoms with E-state index in [2.05, 4.69) is 10.3 Å². The van der Waals surface area contributed by atoms with Crippen molar-refractivity contribution in [3.8, 4) is 11.3 Å². The van der Waals surface area contributed by atoms with Crippen molar-refractivity contribution in [3.05, 3.63) is 23.7 Å². The molecule has 0 saturated carbocycles. The van der Waals surface area contributed by atoms with Gasteiger partial charge in [0.25, 0.3) is 0 Å². The van der Waals surface area contributed by atoms with Crippen molar-refractivity contribution in [1.82, 2.24) is 14.9 Å². The first kappa shape index (κ1) is 16.0. The molecule has 0 unspecified atom stereocenters. The van der Waals surface area contributed by atoms with Gasteiger partial charge in [-0.2, -0.15) is 5.10 Å². The van der Waals surface area contributed by atoms with Gasteiger partial charge in [-0.3, -0.25) is 4.68 Å². The Labute approximate surface area is 112 Å². The van der Waals surface area contributed by atoms with Crippen LogP contribution >= 0.6 is 24.8 Å². The molecule has 0 aromatic carbocycles. The van der Waals surface area contributed by atoms with E-state index in [0.29, 0.717) is 6.54 Å². The maximum atomic E-state index is 5.47. The lowest BCUT2D eigenvalue weighted by molar-refractivity contribution is 0.423. The second kappa shape index (κ2) is 6.64. The van der Waals surface area contributed by atoms with Gasteiger partial charge in [-0.15, -0.1) is 24.8 Å². The van der Waals surface area contributed by atoms with Crippen LogP contribution in [0.3, 0.4) is 0 Å².